The van der Waals surface area contributed by atoms with Crippen molar-refractivity contribution in [3.8, 4) is 11.5 Å². The molecule has 0 spiro atoms. The highest BCUT2D eigenvalue weighted by atomic mass is 32.2. The van der Waals surface area contributed by atoms with E-state index in [2.05, 4.69) is 9.87 Å². The predicted molar refractivity (Wildman–Crippen MR) is 143 cm³/mol. The Labute approximate surface area is 218 Å². The molecular formula is C27H27N3O6S. The lowest BCUT2D eigenvalue weighted by molar-refractivity contribution is -0.160. The molecule has 0 N–H and O–H groups in total. The van der Waals surface area contributed by atoms with Crippen molar-refractivity contribution in [1.82, 2.24) is 9.55 Å². The van der Waals surface area contributed by atoms with Crippen LogP contribution in [0.25, 0.3) is 10.9 Å². The molecule has 0 aliphatic heterocycles. The number of anilines is 1. The Balaban J connectivity index is 1.83. The van der Waals surface area contributed by atoms with E-state index in [1.165, 1.54) is 27.5 Å². The summed E-state index contributed by atoms with van der Waals surface area (Å²) in [5, 5.41) is 0.349. The smallest absolute Gasteiger partial charge is 0.200 e. The minimum Gasteiger partial charge on any atom is -0.493 e. The van der Waals surface area contributed by atoms with Gasteiger partial charge in [0.25, 0.3) is 0 Å². The first-order chi connectivity index (χ1) is 17.9. The zero-order valence-corrected chi connectivity index (χ0v) is 22.0. The van der Waals surface area contributed by atoms with Gasteiger partial charge in [-0.3, -0.25) is 9.59 Å². The fourth-order valence-electron chi connectivity index (χ4n) is 3.87. The number of hydrogen-bond acceptors (Lipinski definition) is 9. The number of aromatic nitrogens is 2. The van der Waals surface area contributed by atoms with Crippen LogP contribution in [0.15, 0.2) is 70.6 Å². The number of fused-ring (bicyclic) bond motifs is 1. The topological polar surface area (TPSA) is 92.1 Å². The average molecular weight is 522 g/mol. The third-order valence-corrected chi connectivity index (χ3v) is 6.44. The Morgan fingerprint density at radius 2 is 1.70 bits per heavy atom. The molecule has 2 aromatic carbocycles. The highest BCUT2D eigenvalue weighted by Crippen LogP contribution is 2.32. The summed E-state index contributed by atoms with van der Waals surface area (Å²) in [4.78, 5) is 38.7. The van der Waals surface area contributed by atoms with E-state index in [1.54, 1.807) is 30.5 Å². The van der Waals surface area contributed by atoms with Gasteiger partial charge in [0.05, 0.1) is 49.8 Å². The minimum absolute atomic E-state index is 0.0415. The number of hydrogen-bond donors (Lipinski definition) is 0. The molecule has 0 atom stereocenters. The Morgan fingerprint density at radius 1 is 1.00 bits per heavy atom. The summed E-state index contributed by atoms with van der Waals surface area (Å²) in [7, 11) is 8.21. The van der Waals surface area contributed by atoms with Gasteiger partial charge in [0.1, 0.15) is 5.82 Å². The molecule has 4 rings (SSSR count). The predicted octanol–water partition coefficient (Wildman–Crippen LogP) is 4.34. The highest BCUT2D eigenvalue weighted by molar-refractivity contribution is 7.94. The molecule has 0 aliphatic carbocycles. The lowest BCUT2D eigenvalue weighted by Gasteiger charge is -2.16. The van der Waals surface area contributed by atoms with Crippen molar-refractivity contribution in [2.45, 2.75) is 11.4 Å². The molecule has 2 heterocycles. The lowest BCUT2D eigenvalue weighted by Crippen LogP contribution is -2.21. The first kappa shape index (κ1) is 26.2. The van der Waals surface area contributed by atoms with Gasteiger partial charge in [-0.25, -0.2) is 9.87 Å². The van der Waals surface area contributed by atoms with E-state index in [0.29, 0.717) is 40.3 Å². The molecule has 0 fully saturated rings. The van der Waals surface area contributed by atoms with Crippen molar-refractivity contribution in [2.75, 3.05) is 40.3 Å². The molecule has 0 amide bonds. The van der Waals surface area contributed by atoms with Crippen LogP contribution in [0.3, 0.4) is 0 Å². The summed E-state index contributed by atoms with van der Waals surface area (Å²) >= 11 is 1.10. The zero-order valence-electron chi connectivity index (χ0n) is 21.2. The van der Waals surface area contributed by atoms with E-state index in [-0.39, 0.29) is 5.56 Å². The number of benzene rings is 2. The molecule has 0 unspecified atom stereocenters. The van der Waals surface area contributed by atoms with Crippen molar-refractivity contribution < 1.29 is 23.5 Å². The van der Waals surface area contributed by atoms with Crippen molar-refractivity contribution in [1.29, 1.82) is 0 Å². The molecule has 37 heavy (non-hydrogen) atoms. The number of rotatable bonds is 10. The average Bonchev–Trinajstić information content (AvgIpc) is 2.93. The number of pyridine rings is 2. The molecular weight excluding hydrogens is 494 g/mol. The molecule has 192 valence electrons. The molecule has 2 aromatic heterocycles. The highest BCUT2D eigenvalue weighted by Gasteiger charge is 2.20. The number of ketones is 1. The van der Waals surface area contributed by atoms with Crippen LogP contribution in [0.4, 0.5) is 5.82 Å². The molecule has 9 nitrogen and oxygen atoms in total. The summed E-state index contributed by atoms with van der Waals surface area (Å²) in [5.41, 5.74) is 1.55. The Kier molecular flexibility index (Phi) is 8.12. The second-order valence-corrected chi connectivity index (χ2v) is 9.09. The molecule has 0 saturated heterocycles. The van der Waals surface area contributed by atoms with E-state index in [0.717, 1.165) is 22.5 Å². The van der Waals surface area contributed by atoms with Crippen molar-refractivity contribution in [2.24, 2.45) is 0 Å². The summed E-state index contributed by atoms with van der Waals surface area (Å²) in [6, 6.07) is 14.5. The fraction of sp³-hybridized carbons (Fsp3) is 0.222. The number of methoxy groups -OCH3 is 2. The standard InChI is InChI=1S/C27H27N3O6S/c1-29(2)25-11-8-18(14-28-25)26(31)21-16-30(15-17-6-9-19(10-7-17)37-36-35-5)22-13-24(34-4)23(33-3)12-20(22)27(21)32/h6-14,16H,15H2,1-5H3. The monoisotopic (exact) mass is 521 g/mol. The third kappa shape index (κ3) is 5.61. The maximum absolute atomic E-state index is 13.5. The van der Waals surface area contributed by atoms with Gasteiger partial charge in [-0.2, -0.15) is 4.33 Å². The first-order valence-electron chi connectivity index (χ1n) is 11.3. The normalized spacial score (nSPS) is 10.9. The van der Waals surface area contributed by atoms with Crippen molar-refractivity contribution in [3.05, 3.63) is 87.8 Å². The SMILES string of the molecule is COOSc1ccc(Cn2cc(C(=O)c3ccc(N(C)C)nc3)c(=O)c3cc(OC)c(OC)cc32)cc1. The molecule has 10 heteroatoms. The quantitative estimate of drug-likeness (QED) is 0.131. The van der Waals surface area contributed by atoms with Gasteiger partial charge in [-0.15, -0.1) is 0 Å². The molecule has 4 aromatic rings. The second-order valence-electron chi connectivity index (χ2n) is 8.31. The van der Waals surface area contributed by atoms with Crippen LogP contribution in [-0.2, 0) is 15.8 Å². The van der Waals surface area contributed by atoms with E-state index < -0.39 is 11.2 Å². The van der Waals surface area contributed by atoms with Gasteiger partial charge in [0.15, 0.2) is 17.3 Å². The number of ether oxygens (including phenoxy) is 2. The Hall–Kier alpha value is -3.86. The number of carbonyl (C=O) groups is 1. The van der Waals surface area contributed by atoms with Gasteiger partial charge in [0.2, 0.25) is 5.43 Å². The molecule has 0 radical (unpaired) electrons. The number of carbonyl (C=O) groups excluding carboxylic acids is 1. The van der Waals surface area contributed by atoms with Crippen LogP contribution in [0.2, 0.25) is 0 Å². The van der Waals surface area contributed by atoms with Gasteiger partial charge in [-0.1, -0.05) is 12.1 Å². The zero-order chi connectivity index (χ0) is 26.5. The van der Waals surface area contributed by atoms with Gasteiger partial charge >= 0.3 is 0 Å². The molecule has 0 saturated carbocycles. The Morgan fingerprint density at radius 3 is 2.30 bits per heavy atom. The van der Waals surface area contributed by atoms with Crippen LogP contribution in [0.5, 0.6) is 11.5 Å². The van der Waals surface area contributed by atoms with Crippen LogP contribution in [-0.4, -0.2) is 50.8 Å². The summed E-state index contributed by atoms with van der Waals surface area (Å²) in [5.74, 6) is 1.19. The van der Waals surface area contributed by atoms with Crippen LogP contribution in [0.1, 0.15) is 21.5 Å². The first-order valence-corrected chi connectivity index (χ1v) is 12.0. The van der Waals surface area contributed by atoms with Crippen molar-refractivity contribution in [3.63, 3.8) is 0 Å². The van der Waals surface area contributed by atoms with Gasteiger partial charge in [0, 0.05) is 49.6 Å². The maximum Gasteiger partial charge on any atom is 0.200 e. The van der Waals surface area contributed by atoms with Crippen molar-refractivity contribution >= 4 is 34.5 Å². The third-order valence-electron chi connectivity index (χ3n) is 5.77. The second kappa shape index (κ2) is 11.5. The van der Waals surface area contributed by atoms with E-state index in [1.807, 2.05) is 47.8 Å². The van der Waals surface area contributed by atoms with Crippen LogP contribution < -0.4 is 19.8 Å². The van der Waals surface area contributed by atoms with Gasteiger partial charge in [-0.05, 0) is 35.9 Å². The summed E-state index contributed by atoms with van der Waals surface area (Å²) < 4.78 is 17.7. The minimum atomic E-state index is -0.406. The van der Waals surface area contributed by atoms with E-state index in [9.17, 15) is 9.59 Å². The Bertz CT molecular complexity index is 1470. The van der Waals surface area contributed by atoms with Crippen LogP contribution >= 0.6 is 12.0 Å². The lowest BCUT2D eigenvalue weighted by atomic mass is 10.0. The fourth-order valence-corrected chi connectivity index (χ4v) is 4.26. The molecule has 0 bridgehead atoms. The number of nitrogens with zero attached hydrogens (tertiary/aromatic N) is 3. The van der Waals surface area contributed by atoms with Gasteiger partial charge < -0.3 is 18.9 Å². The van der Waals surface area contributed by atoms with E-state index >= 15 is 0 Å². The van der Waals surface area contributed by atoms with Crippen LogP contribution in [0, 0.1) is 0 Å². The summed E-state index contributed by atoms with van der Waals surface area (Å²) in [6.45, 7) is 0.403. The maximum atomic E-state index is 13.5. The summed E-state index contributed by atoms with van der Waals surface area (Å²) in [6.07, 6.45) is 3.08. The molecule has 0 aliphatic rings. The van der Waals surface area contributed by atoms with E-state index in [4.69, 9.17) is 13.8 Å². The largest absolute Gasteiger partial charge is 0.493 e.